The summed E-state index contributed by atoms with van der Waals surface area (Å²) in [7, 11) is 0. The smallest absolute Gasteiger partial charge is 0.242 e. The first-order valence-corrected chi connectivity index (χ1v) is 7.40. The molecule has 1 aromatic carbocycles. The van der Waals surface area contributed by atoms with Crippen LogP contribution in [0.15, 0.2) is 48.8 Å². The first kappa shape index (κ1) is 14.5. The van der Waals surface area contributed by atoms with Crippen molar-refractivity contribution in [3.63, 3.8) is 0 Å². The van der Waals surface area contributed by atoms with Crippen LogP contribution >= 0.6 is 0 Å². The van der Waals surface area contributed by atoms with E-state index >= 15 is 0 Å². The van der Waals surface area contributed by atoms with Crippen LogP contribution in [0.4, 0.5) is 10.1 Å². The Balaban J connectivity index is 1.59. The van der Waals surface area contributed by atoms with E-state index in [2.05, 4.69) is 17.1 Å². The number of pyridine rings is 1. The van der Waals surface area contributed by atoms with Crippen LogP contribution in [0.5, 0.6) is 0 Å². The minimum atomic E-state index is -0.381. The van der Waals surface area contributed by atoms with E-state index in [-0.39, 0.29) is 18.3 Å². The van der Waals surface area contributed by atoms with Crippen molar-refractivity contribution in [1.29, 1.82) is 0 Å². The third kappa shape index (κ3) is 3.24. The highest BCUT2D eigenvalue weighted by Gasteiger charge is 2.25. The maximum absolute atomic E-state index is 13.7. The third-order valence-corrected chi connectivity index (χ3v) is 3.92. The number of hydrogen-bond acceptors (Lipinski definition) is 3. The molecule has 0 bridgehead atoms. The Morgan fingerprint density at radius 3 is 2.68 bits per heavy atom. The lowest BCUT2D eigenvalue weighted by Gasteiger charge is -2.35. The molecule has 1 aliphatic rings. The Kier molecular flexibility index (Phi) is 4.32. The van der Waals surface area contributed by atoms with Crippen LogP contribution in [0, 0.1) is 5.82 Å². The van der Waals surface area contributed by atoms with E-state index in [0.717, 1.165) is 6.42 Å². The van der Waals surface area contributed by atoms with Gasteiger partial charge in [0, 0.05) is 25.8 Å². The Bertz CT molecular complexity index is 647. The van der Waals surface area contributed by atoms with Crippen molar-refractivity contribution in [1.82, 2.24) is 9.88 Å². The highest BCUT2D eigenvalue weighted by atomic mass is 19.1. The highest BCUT2D eigenvalue weighted by Crippen LogP contribution is 2.19. The van der Waals surface area contributed by atoms with Crippen LogP contribution in [0.25, 0.3) is 0 Å². The monoisotopic (exact) mass is 299 g/mol. The molecule has 3 rings (SSSR count). The minimum Gasteiger partial charge on any atom is -0.358 e. The molecule has 2 heterocycles. The molecule has 1 aliphatic heterocycles. The summed E-state index contributed by atoms with van der Waals surface area (Å²) in [5.74, 6) is -0.341. The number of benzene rings is 1. The van der Waals surface area contributed by atoms with Gasteiger partial charge in [0.05, 0.1) is 18.4 Å². The van der Waals surface area contributed by atoms with E-state index in [1.807, 2.05) is 23.1 Å². The molecule has 1 fully saturated rings. The molecular weight excluding hydrogens is 281 g/mol. The number of amides is 1. The molecule has 0 radical (unpaired) electrons. The average molecular weight is 299 g/mol. The van der Waals surface area contributed by atoms with Crippen LogP contribution in [0.1, 0.15) is 5.56 Å². The van der Waals surface area contributed by atoms with E-state index in [0.29, 0.717) is 25.3 Å². The summed E-state index contributed by atoms with van der Waals surface area (Å²) in [6, 6.07) is 11.7. The van der Waals surface area contributed by atoms with E-state index in [9.17, 15) is 9.18 Å². The lowest BCUT2D eigenvalue weighted by Crippen LogP contribution is -2.51. The fraction of sp³-hybridized carbons (Fsp3) is 0.294. The molecule has 0 N–H and O–H groups in total. The summed E-state index contributed by atoms with van der Waals surface area (Å²) >= 11 is 0. The summed E-state index contributed by atoms with van der Waals surface area (Å²) in [5, 5.41) is 0. The lowest BCUT2D eigenvalue weighted by atomic mass is 10.1. The van der Waals surface area contributed by atoms with Crippen LogP contribution in [-0.2, 0) is 11.2 Å². The lowest BCUT2D eigenvalue weighted by molar-refractivity contribution is -0.130. The zero-order chi connectivity index (χ0) is 15.4. The summed E-state index contributed by atoms with van der Waals surface area (Å²) in [6.45, 7) is 2.18. The number of aromatic nitrogens is 1. The van der Waals surface area contributed by atoms with E-state index in [1.165, 1.54) is 11.8 Å². The van der Waals surface area contributed by atoms with Gasteiger partial charge in [0.25, 0.3) is 0 Å². The number of rotatable bonds is 4. The molecule has 0 aliphatic carbocycles. The number of halogens is 1. The van der Waals surface area contributed by atoms with Crippen molar-refractivity contribution in [3.8, 4) is 0 Å². The Morgan fingerprint density at radius 1 is 1.14 bits per heavy atom. The van der Waals surface area contributed by atoms with Gasteiger partial charge in [-0.2, -0.15) is 0 Å². The van der Waals surface area contributed by atoms with E-state index < -0.39 is 0 Å². The molecule has 0 spiro atoms. The van der Waals surface area contributed by atoms with Crippen molar-refractivity contribution in [2.45, 2.75) is 6.42 Å². The van der Waals surface area contributed by atoms with Gasteiger partial charge in [-0.15, -0.1) is 0 Å². The van der Waals surface area contributed by atoms with Crippen molar-refractivity contribution in [2.75, 3.05) is 31.1 Å². The molecular formula is C17H18FN3O. The number of piperazine rings is 1. The van der Waals surface area contributed by atoms with Crippen molar-refractivity contribution < 1.29 is 9.18 Å². The van der Waals surface area contributed by atoms with Gasteiger partial charge in [-0.1, -0.05) is 30.3 Å². The summed E-state index contributed by atoms with van der Waals surface area (Å²) in [6.07, 6.45) is 3.57. The summed E-state index contributed by atoms with van der Waals surface area (Å²) in [5.41, 5.74) is 1.67. The van der Waals surface area contributed by atoms with Gasteiger partial charge in [-0.05, 0) is 18.1 Å². The quantitative estimate of drug-likeness (QED) is 0.867. The van der Waals surface area contributed by atoms with Crippen LogP contribution < -0.4 is 4.90 Å². The van der Waals surface area contributed by atoms with Crippen LogP contribution in [0.2, 0.25) is 0 Å². The van der Waals surface area contributed by atoms with Gasteiger partial charge >= 0.3 is 0 Å². The average Bonchev–Trinajstić information content (AvgIpc) is 2.55. The second-order valence-electron chi connectivity index (χ2n) is 5.37. The van der Waals surface area contributed by atoms with Gasteiger partial charge in [0.1, 0.15) is 0 Å². The predicted octanol–water partition coefficient (Wildman–Crippen LogP) is 2.11. The van der Waals surface area contributed by atoms with Crippen molar-refractivity contribution in [3.05, 3.63) is 60.2 Å². The topological polar surface area (TPSA) is 36.4 Å². The fourth-order valence-corrected chi connectivity index (χ4v) is 2.68. The maximum Gasteiger partial charge on any atom is 0.242 e. The largest absolute Gasteiger partial charge is 0.358 e. The Hall–Kier alpha value is -2.43. The standard InChI is InChI=1S/C17H18FN3O/c18-15-12-19-8-6-16(15)21-11-10-20(17(22)13-21)9-7-14-4-2-1-3-5-14/h1-6,8,12H,7,9-11,13H2. The molecule has 0 atom stereocenters. The summed E-state index contributed by atoms with van der Waals surface area (Å²) in [4.78, 5) is 19.6. The molecule has 22 heavy (non-hydrogen) atoms. The molecule has 2 aromatic rings. The maximum atomic E-state index is 13.7. The van der Waals surface area contributed by atoms with Crippen LogP contribution in [0.3, 0.4) is 0 Å². The summed E-state index contributed by atoms with van der Waals surface area (Å²) < 4.78 is 13.7. The first-order valence-electron chi connectivity index (χ1n) is 7.40. The van der Waals surface area contributed by atoms with Gasteiger partial charge in [0.2, 0.25) is 5.91 Å². The molecule has 0 unspecified atom stereocenters. The number of carbonyl (C=O) groups is 1. The van der Waals surface area contributed by atoms with Crippen molar-refractivity contribution in [2.24, 2.45) is 0 Å². The molecule has 114 valence electrons. The van der Waals surface area contributed by atoms with Crippen LogP contribution in [-0.4, -0.2) is 42.0 Å². The molecule has 0 saturated carbocycles. The number of hydrogen-bond donors (Lipinski definition) is 0. The first-order chi connectivity index (χ1) is 10.7. The second-order valence-corrected chi connectivity index (χ2v) is 5.37. The highest BCUT2D eigenvalue weighted by molar-refractivity contribution is 5.82. The van der Waals surface area contributed by atoms with E-state index in [4.69, 9.17) is 0 Å². The molecule has 5 heteroatoms. The number of carbonyl (C=O) groups excluding carboxylic acids is 1. The van der Waals surface area contributed by atoms with Gasteiger partial charge < -0.3 is 9.80 Å². The zero-order valence-corrected chi connectivity index (χ0v) is 12.3. The Morgan fingerprint density at radius 2 is 1.95 bits per heavy atom. The van der Waals surface area contributed by atoms with E-state index in [1.54, 1.807) is 17.2 Å². The zero-order valence-electron chi connectivity index (χ0n) is 12.3. The normalized spacial score (nSPS) is 15.2. The molecule has 1 aromatic heterocycles. The van der Waals surface area contributed by atoms with Gasteiger partial charge in [0.15, 0.2) is 5.82 Å². The number of nitrogens with zero attached hydrogens (tertiary/aromatic N) is 3. The van der Waals surface area contributed by atoms with Gasteiger partial charge in [-0.3, -0.25) is 9.78 Å². The Labute approximate surface area is 129 Å². The second kappa shape index (κ2) is 6.56. The van der Waals surface area contributed by atoms with Gasteiger partial charge in [-0.25, -0.2) is 4.39 Å². The molecule has 4 nitrogen and oxygen atoms in total. The SMILES string of the molecule is O=C1CN(c2ccncc2F)CCN1CCc1ccccc1. The fourth-order valence-electron chi connectivity index (χ4n) is 2.68. The third-order valence-electron chi connectivity index (χ3n) is 3.92. The number of anilines is 1. The van der Waals surface area contributed by atoms with Crippen molar-refractivity contribution >= 4 is 11.6 Å². The predicted molar refractivity (Wildman–Crippen MR) is 83.1 cm³/mol. The molecule has 1 saturated heterocycles. The minimum absolute atomic E-state index is 0.0402. The molecule has 1 amide bonds.